The highest BCUT2D eigenvalue weighted by Gasteiger charge is 2.25. The van der Waals surface area contributed by atoms with Crippen molar-refractivity contribution in [1.29, 1.82) is 0 Å². The number of hydrogen-bond donors (Lipinski definition) is 3. The summed E-state index contributed by atoms with van der Waals surface area (Å²) in [6.45, 7) is 4.23. The first-order valence-electron chi connectivity index (χ1n) is 15.2. The maximum atomic E-state index is 15.3. The number of pyridine rings is 1. The number of morpholine rings is 1. The third-order valence-corrected chi connectivity index (χ3v) is 9.06. The van der Waals surface area contributed by atoms with Crippen molar-refractivity contribution in [2.45, 2.75) is 25.3 Å². The SMILES string of the molecule is COc1ncc(-c2nc(N3CCOCC3)nc3c(CN4CCC(c5ccc(C(=O)NO)cc5)CC4)cc(F)cc23)cc1NS(C)(=O)=O. The van der Waals surface area contributed by atoms with Gasteiger partial charge in [-0.3, -0.25) is 19.6 Å². The van der Waals surface area contributed by atoms with Crippen molar-refractivity contribution in [1.82, 2.24) is 25.3 Å². The number of carbonyl (C=O) groups is 1. The maximum Gasteiger partial charge on any atom is 0.274 e. The zero-order valence-corrected chi connectivity index (χ0v) is 26.9. The smallest absolute Gasteiger partial charge is 0.274 e. The van der Waals surface area contributed by atoms with Crippen LogP contribution in [0.15, 0.2) is 48.7 Å². The molecule has 47 heavy (non-hydrogen) atoms. The van der Waals surface area contributed by atoms with Crippen molar-refractivity contribution < 1.29 is 32.3 Å². The standard InChI is InChI=1S/C32H36FN7O6S/c1-45-31-27(38-47(2,43)44)16-23(18-34-31)28-26-17-25(33)15-24(29(26)36-32(35-28)40-11-13-46-14-12-40)19-39-9-7-21(8-10-39)20-3-5-22(6-4-20)30(41)37-42/h3-6,15-18,21,38,42H,7-14,19H2,1-2H3,(H,37,41). The molecule has 2 aromatic heterocycles. The summed E-state index contributed by atoms with van der Waals surface area (Å²) in [6.07, 6.45) is 4.32. The van der Waals surface area contributed by atoms with E-state index >= 15 is 4.39 Å². The molecule has 0 aliphatic carbocycles. The van der Waals surface area contributed by atoms with Crippen molar-refractivity contribution in [3.63, 3.8) is 0 Å². The number of carbonyl (C=O) groups excluding carboxylic acids is 1. The van der Waals surface area contributed by atoms with Gasteiger partial charge in [-0.05, 0) is 73.3 Å². The lowest BCUT2D eigenvalue weighted by Gasteiger charge is -2.32. The Hall–Kier alpha value is -4.44. The second-order valence-electron chi connectivity index (χ2n) is 11.7. The molecular weight excluding hydrogens is 629 g/mol. The van der Waals surface area contributed by atoms with Gasteiger partial charge in [-0.2, -0.15) is 0 Å². The first-order valence-corrected chi connectivity index (χ1v) is 17.1. The number of aromatic nitrogens is 3. The van der Waals surface area contributed by atoms with Crippen molar-refractivity contribution in [2.75, 3.05) is 62.4 Å². The van der Waals surface area contributed by atoms with Crippen LogP contribution >= 0.6 is 0 Å². The van der Waals surface area contributed by atoms with Crippen LogP contribution in [0.1, 0.15) is 40.2 Å². The molecule has 2 fully saturated rings. The third kappa shape index (κ3) is 7.43. The number of piperidine rings is 1. The summed E-state index contributed by atoms with van der Waals surface area (Å²) in [7, 11) is -2.26. The topological polar surface area (TPSA) is 159 Å². The zero-order chi connectivity index (χ0) is 33.1. The lowest BCUT2D eigenvalue weighted by atomic mass is 9.88. The number of hydroxylamine groups is 1. The maximum absolute atomic E-state index is 15.3. The van der Waals surface area contributed by atoms with Crippen molar-refractivity contribution >= 4 is 38.5 Å². The fraction of sp³-hybridized carbons (Fsp3) is 0.375. The molecule has 6 rings (SSSR count). The summed E-state index contributed by atoms with van der Waals surface area (Å²) in [4.78, 5) is 30.1. The molecule has 15 heteroatoms. The number of halogens is 1. The lowest BCUT2D eigenvalue weighted by molar-refractivity contribution is 0.0706. The van der Waals surface area contributed by atoms with Crippen LogP contribution < -0.4 is 19.8 Å². The van der Waals surface area contributed by atoms with Crippen LogP contribution in [0.25, 0.3) is 22.2 Å². The van der Waals surface area contributed by atoms with Crippen LogP contribution in [0.3, 0.4) is 0 Å². The fourth-order valence-corrected chi connectivity index (χ4v) is 6.70. The van der Waals surface area contributed by atoms with Gasteiger partial charge in [0, 0.05) is 42.3 Å². The first-order chi connectivity index (χ1) is 22.6. The molecule has 1 amide bonds. The Kier molecular flexibility index (Phi) is 9.50. The van der Waals surface area contributed by atoms with Gasteiger partial charge in [-0.25, -0.2) is 33.2 Å². The number of ether oxygens (including phenoxy) is 2. The molecule has 0 bridgehead atoms. The second kappa shape index (κ2) is 13.7. The van der Waals surface area contributed by atoms with Gasteiger partial charge in [-0.15, -0.1) is 0 Å². The Labute approximate surface area is 271 Å². The number of benzene rings is 2. The molecule has 2 aliphatic heterocycles. The first kappa shape index (κ1) is 32.5. The van der Waals surface area contributed by atoms with E-state index in [-0.39, 0.29) is 11.6 Å². The summed E-state index contributed by atoms with van der Waals surface area (Å²) >= 11 is 0. The predicted molar refractivity (Wildman–Crippen MR) is 174 cm³/mol. The Morgan fingerprint density at radius 1 is 1.09 bits per heavy atom. The quantitative estimate of drug-likeness (QED) is 0.177. The average Bonchev–Trinajstić information content (AvgIpc) is 3.07. The van der Waals surface area contributed by atoms with Crippen LogP contribution in [0.4, 0.5) is 16.0 Å². The Balaban J connectivity index is 1.33. The van der Waals surface area contributed by atoms with Crippen LogP contribution in [0, 0.1) is 5.82 Å². The highest BCUT2D eigenvalue weighted by molar-refractivity contribution is 7.92. The molecule has 0 saturated carbocycles. The molecule has 13 nitrogen and oxygen atoms in total. The van der Waals surface area contributed by atoms with E-state index in [1.165, 1.54) is 25.4 Å². The van der Waals surface area contributed by atoms with Gasteiger partial charge in [0.2, 0.25) is 21.9 Å². The number of fused-ring (bicyclic) bond motifs is 1. The minimum atomic E-state index is -3.65. The van der Waals surface area contributed by atoms with Gasteiger partial charge < -0.3 is 14.4 Å². The zero-order valence-electron chi connectivity index (χ0n) is 26.1. The van der Waals surface area contributed by atoms with E-state index in [0.29, 0.717) is 78.0 Å². The van der Waals surface area contributed by atoms with E-state index in [1.54, 1.807) is 23.7 Å². The molecular formula is C32H36FN7O6S. The Bertz CT molecular complexity index is 1880. The number of nitrogens with one attached hydrogen (secondary N) is 2. The molecule has 2 aromatic carbocycles. The highest BCUT2D eigenvalue weighted by Crippen LogP contribution is 2.36. The molecule has 3 N–H and O–H groups in total. The Morgan fingerprint density at radius 3 is 2.47 bits per heavy atom. The molecule has 2 saturated heterocycles. The monoisotopic (exact) mass is 665 g/mol. The van der Waals surface area contributed by atoms with Gasteiger partial charge in [0.05, 0.1) is 37.8 Å². The van der Waals surface area contributed by atoms with E-state index in [2.05, 4.69) is 14.6 Å². The van der Waals surface area contributed by atoms with Gasteiger partial charge in [0.1, 0.15) is 11.5 Å². The van der Waals surface area contributed by atoms with Crippen LogP contribution in [-0.2, 0) is 21.3 Å². The van der Waals surface area contributed by atoms with E-state index in [9.17, 15) is 13.2 Å². The van der Waals surface area contributed by atoms with Crippen molar-refractivity contribution in [3.8, 4) is 17.1 Å². The van der Waals surface area contributed by atoms with Gasteiger partial charge >= 0.3 is 0 Å². The molecule has 248 valence electrons. The number of sulfonamides is 1. The molecule has 4 heterocycles. The van der Waals surface area contributed by atoms with E-state index < -0.39 is 21.7 Å². The van der Waals surface area contributed by atoms with E-state index in [4.69, 9.17) is 24.6 Å². The molecule has 0 radical (unpaired) electrons. The molecule has 4 aromatic rings. The number of amides is 1. The largest absolute Gasteiger partial charge is 0.480 e. The molecule has 2 aliphatic rings. The van der Waals surface area contributed by atoms with E-state index in [1.807, 2.05) is 17.0 Å². The number of anilines is 2. The summed E-state index contributed by atoms with van der Waals surface area (Å²) in [6, 6.07) is 11.7. The van der Waals surface area contributed by atoms with Crippen molar-refractivity contribution in [3.05, 3.63) is 71.2 Å². The fourth-order valence-electron chi connectivity index (χ4n) is 6.15. The summed E-state index contributed by atoms with van der Waals surface area (Å²) < 4.78 is 52.8. The summed E-state index contributed by atoms with van der Waals surface area (Å²) in [5, 5.41) is 9.37. The average molecular weight is 666 g/mol. The molecule has 0 atom stereocenters. The molecule has 0 unspecified atom stereocenters. The predicted octanol–water partition coefficient (Wildman–Crippen LogP) is 3.55. The minimum absolute atomic E-state index is 0.0906. The highest BCUT2D eigenvalue weighted by atomic mass is 32.2. The van der Waals surface area contributed by atoms with Crippen LogP contribution in [0.2, 0.25) is 0 Å². The number of methoxy groups -OCH3 is 1. The van der Waals surface area contributed by atoms with Gasteiger partial charge in [-0.1, -0.05) is 12.1 Å². The molecule has 0 spiro atoms. The summed E-state index contributed by atoms with van der Waals surface area (Å²) in [5.41, 5.74) is 5.51. The van der Waals surface area contributed by atoms with E-state index in [0.717, 1.165) is 37.8 Å². The van der Waals surface area contributed by atoms with Crippen LogP contribution in [0.5, 0.6) is 5.88 Å². The van der Waals surface area contributed by atoms with Crippen LogP contribution in [-0.4, -0.2) is 92.1 Å². The minimum Gasteiger partial charge on any atom is -0.480 e. The Morgan fingerprint density at radius 2 is 1.81 bits per heavy atom. The van der Waals surface area contributed by atoms with Gasteiger partial charge in [0.15, 0.2) is 0 Å². The lowest BCUT2D eigenvalue weighted by Crippen LogP contribution is -2.37. The number of nitrogens with zero attached hydrogens (tertiary/aromatic N) is 5. The number of rotatable bonds is 9. The van der Waals surface area contributed by atoms with Gasteiger partial charge in [0.25, 0.3) is 5.91 Å². The third-order valence-electron chi connectivity index (χ3n) is 8.47. The number of likely N-dealkylation sites (tertiary alicyclic amines) is 1. The normalized spacial score (nSPS) is 16.3. The second-order valence-corrected chi connectivity index (χ2v) is 13.4. The summed E-state index contributed by atoms with van der Waals surface area (Å²) in [5.74, 6) is -0.121. The van der Waals surface area contributed by atoms with Crippen molar-refractivity contribution in [2.24, 2.45) is 0 Å². The number of hydrogen-bond acceptors (Lipinski definition) is 11.